The van der Waals surface area contributed by atoms with E-state index in [2.05, 4.69) is 5.32 Å². The van der Waals surface area contributed by atoms with Crippen LogP contribution in [0.15, 0.2) is 24.3 Å². The number of likely N-dealkylation sites (tertiary alicyclic amines) is 1. The van der Waals surface area contributed by atoms with Crippen LogP contribution in [0.25, 0.3) is 0 Å². The van der Waals surface area contributed by atoms with E-state index in [1.807, 2.05) is 4.90 Å². The second-order valence-corrected chi connectivity index (χ2v) is 7.56. The fourth-order valence-corrected chi connectivity index (χ4v) is 4.00. The summed E-state index contributed by atoms with van der Waals surface area (Å²) in [6.45, 7) is 1.67. The summed E-state index contributed by atoms with van der Waals surface area (Å²) < 4.78 is 12.9. The highest BCUT2D eigenvalue weighted by Gasteiger charge is 2.31. The van der Waals surface area contributed by atoms with Crippen molar-refractivity contribution in [2.75, 3.05) is 13.1 Å². The molecule has 6 heteroatoms. The average Bonchev–Trinajstić information content (AvgIpc) is 3.05. The third-order valence-electron chi connectivity index (χ3n) is 5.75. The van der Waals surface area contributed by atoms with Crippen molar-refractivity contribution >= 4 is 11.8 Å². The molecule has 1 aliphatic heterocycles. The molecule has 2 fully saturated rings. The van der Waals surface area contributed by atoms with Crippen LogP contribution < -0.4 is 11.1 Å². The van der Waals surface area contributed by atoms with Gasteiger partial charge in [-0.1, -0.05) is 18.6 Å². The monoisotopic (exact) mass is 361 g/mol. The molecule has 1 aliphatic carbocycles. The molecule has 142 valence electrons. The fourth-order valence-electron chi connectivity index (χ4n) is 4.00. The molecule has 0 spiro atoms. The molecule has 2 aliphatic rings. The Morgan fingerprint density at radius 1 is 1.12 bits per heavy atom. The van der Waals surface area contributed by atoms with Crippen LogP contribution >= 0.6 is 0 Å². The molecule has 0 aromatic heterocycles. The molecule has 2 amide bonds. The van der Waals surface area contributed by atoms with Crippen LogP contribution in [0.5, 0.6) is 0 Å². The van der Waals surface area contributed by atoms with E-state index < -0.39 is 0 Å². The summed E-state index contributed by atoms with van der Waals surface area (Å²) in [4.78, 5) is 26.7. The SMILES string of the molecule is N[C@@H]1CCC[C@H]1CC(=O)N1CCC(C(=O)NCc2ccc(F)cc2)CC1. The lowest BCUT2D eigenvalue weighted by molar-refractivity contribution is -0.136. The number of hydrogen-bond donors (Lipinski definition) is 2. The molecule has 1 saturated carbocycles. The second kappa shape index (κ2) is 8.62. The van der Waals surface area contributed by atoms with Crippen LogP contribution in [0.2, 0.25) is 0 Å². The predicted octanol–water partition coefficient (Wildman–Crippen LogP) is 2.20. The van der Waals surface area contributed by atoms with E-state index in [0.29, 0.717) is 44.8 Å². The summed E-state index contributed by atoms with van der Waals surface area (Å²) in [6.07, 6.45) is 5.12. The number of benzene rings is 1. The Morgan fingerprint density at radius 3 is 2.42 bits per heavy atom. The van der Waals surface area contributed by atoms with Crippen LogP contribution in [-0.4, -0.2) is 35.8 Å². The maximum absolute atomic E-state index is 12.9. The third-order valence-corrected chi connectivity index (χ3v) is 5.75. The molecular formula is C20H28FN3O2. The van der Waals surface area contributed by atoms with Crippen LogP contribution in [-0.2, 0) is 16.1 Å². The Bertz CT molecular complexity index is 626. The lowest BCUT2D eigenvalue weighted by Crippen LogP contribution is -2.44. The number of nitrogens with two attached hydrogens (primary N) is 1. The van der Waals surface area contributed by atoms with Crippen molar-refractivity contribution in [1.82, 2.24) is 10.2 Å². The number of carbonyl (C=O) groups excluding carboxylic acids is 2. The van der Waals surface area contributed by atoms with Gasteiger partial charge in [0.1, 0.15) is 5.82 Å². The van der Waals surface area contributed by atoms with E-state index >= 15 is 0 Å². The minimum Gasteiger partial charge on any atom is -0.352 e. The molecule has 3 N–H and O–H groups in total. The van der Waals surface area contributed by atoms with E-state index in [1.165, 1.54) is 12.1 Å². The number of carbonyl (C=O) groups is 2. The number of piperidine rings is 1. The molecule has 1 aromatic carbocycles. The molecule has 1 aromatic rings. The van der Waals surface area contributed by atoms with Crippen molar-refractivity contribution in [3.63, 3.8) is 0 Å². The molecule has 3 rings (SSSR count). The maximum Gasteiger partial charge on any atom is 0.223 e. The van der Waals surface area contributed by atoms with Crippen molar-refractivity contribution in [3.05, 3.63) is 35.6 Å². The largest absolute Gasteiger partial charge is 0.352 e. The predicted molar refractivity (Wildman–Crippen MR) is 97.5 cm³/mol. The Morgan fingerprint density at radius 2 is 1.81 bits per heavy atom. The zero-order valence-corrected chi connectivity index (χ0v) is 15.1. The van der Waals surface area contributed by atoms with E-state index in [-0.39, 0.29) is 29.6 Å². The van der Waals surface area contributed by atoms with Crippen LogP contribution in [0.1, 0.15) is 44.1 Å². The highest BCUT2D eigenvalue weighted by molar-refractivity contribution is 5.80. The Kier molecular flexibility index (Phi) is 6.25. The Balaban J connectivity index is 1.40. The minimum atomic E-state index is -0.282. The molecule has 5 nitrogen and oxygen atoms in total. The van der Waals surface area contributed by atoms with Gasteiger partial charge in [-0.3, -0.25) is 9.59 Å². The molecule has 26 heavy (non-hydrogen) atoms. The van der Waals surface area contributed by atoms with Crippen LogP contribution in [0.3, 0.4) is 0 Å². The van der Waals surface area contributed by atoms with E-state index in [4.69, 9.17) is 5.73 Å². The van der Waals surface area contributed by atoms with Crippen molar-refractivity contribution in [2.24, 2.45) is 17.6 Å². The van der Waals surface area contributed by atoms with Gasteiger partial charge in [-0.15, -0.1) is 0 Å². The molecular weight excluding hydrogens is 333 g/mol. The second-order valence-electron chi connectivity index (χ2n) is 7.56. The van der Waals surface area contributed by atoms with Gasteiger partial charge in [-0.25, -0.2) is 4.39 Å². The van der Waals surface area contributed by atoms with Gasteiger partial charge >= 0.3 is 0 Å². The van der Waals surface area contributed by atoms with Gasteiger partial charge in [0.05, 0.1) is 0 Å². The summed E-state index contributed by atoms with van der Waals surface area (Å²) in [7, 11) is 0. The van der Waals surface area contributed by atoms with Gasteiger partial charge < -0.3 is 16.0 Å². The quantitative estimate of drug-likeness (QED) is 0.844. The standard InChI is InChI=1S/C20H28FN3O2/c21-17-6-4-14(5-7-17)13-23-20(26)15-8-10-24(11-9-15)19(25)12-16-2-1-3-18(16)22/h4-7,15-16,18H,1-3,8-13,22H2,(H,23,26)/t16-,18+/m0/s1. The third kappa shape index (κ3) is 4.81. The van der Waals surface area contributed by atoms with Gasteiger partial charge in [0.25, 0.3) is 0 Å². The highest BCUT2D eigenvalue weighted by atomic mass is 19.1. The zero-order chi connectivity index (χ0) is 18.5. The van der Waals surface area contributed by atoms with E-state index in [0.717, 1.165) is 24.8 Å². The number of rotatable bonds is 5. The maximum atomic E-state index is 12.9. The molecule has 0 radical (unpaired) electrons. The molecule has 0 unspecified atom stereocenters. The van der Waals surface area contributed by atoms with Crippen molar-refractivity contribution in [2.45, 2.75) is 51.1 Å². The number of nitrogens with zero attached hydrogens (tertiary/aromatic N) is 1. The molecule has 1 saturated heterocycles. The van der Waals surface area contributed by atoms with Crippen molar-refractivity contribution < 1.29 is 14.0 Å². The Labute approximate surface area is 154 Å². The normalized spacial score (nSPS) is 23.8. The lowest BCUT2D eigenvalue weighted by Gasteiger charge is -2.32. The minimum absolute atomic E-state index is 0.0132. The van der Waals surface area contributed by atoms with Gasteiger partial charge in [-0.2, -0.15) is 0 Å². The van der Waals surface area contributed by atoms with Gasteiger partial charge in [0, 0.05) is 38.0 Å². The number of nitrogens with one attached hydrogen (secondary N) is 1. The van der Waals surface area contributed by atoms with Gasteiger partial charge in [-0.05, 0) is 49.3 Å². The highest BCUT2D eigenvalue weighted by Crippen LogP contribution is 2.28. The molecule has 2 atom stereocenters. The summed E-state index contributed by atoms with van der Waals surface area (Å²) in [6, 6.07) is 6.28. The smallest absolute Gasteiger partial charge is 0.223 e. The molecule has 1 heterocycles. The number of amides is 2. The van der Waals surface area contributed by atoms with Crippen molar-refractivity contribution in [3.8, 4) is 0 Å². The summed E-state index contributed by atoms with van der Waals surface area (Å²) in [5, 5.41) is 2.92. The lowest BCUT2D eigenvalue weighted by atomic mass is 9.94. The first-order valence-corrected chi connectivity index (χ1v) is 9.58. The first kappa shape index (κ1) is 18.8. The van der Waals surface area contributed by atoms with Gasteiger partial charge in [0.2, 0.25) is 11.8 Å². The van der Waals surface area contributed by atoms with Crippen LogP contribution in [0, 0.1) is 17.7 Å². The van der Waals surface area contributed by atoms with E-state index in [1.54, 1.807) is 12.1 Å². The summed E-state index contributed by atoms with van der Waals surface area (Å²) in [5.41, 5.74) is 6.94. The molecule has 0 bridgehead atoms. The van der Waals surface area contributed by atoms with Crippen LogP contribution in [0.4, 0.5) is 4.39 Å². The number of halogens is 1. The number of hydrogen-bond acceptors (Lipinski definition) is 3. The average molecular weight is 361 g/mol. The van der Waals surface area contributed by atoms with Crippen molar-refractivity contribution in [1.29, 1.82) is 0 Å². The zero-order valence-electron chi connectivity index (χ0n) is 15.1. The first-order chi connectivity index (χ1) is 12.5. The summed E-state index contributed by atoms with van der Waals surface area (Å²) in [5.74, 6) is 0.167. The summed E-state index contributed by atoms with van der Waals surface area (Å²) >= 11 is 0. The first-order valence-electron chi connectivity index (χ1n) is 9.58. The van der Waals surface area contributed by atoms with E-state index in [9.17, 15) is 14.0 Å². The van der Waals surface area contributed by atoms with Gasteiger partial charge in [0.15, 0.2) is 0 Å². The Hall–Kier alpha value is -1.95. The topological polar surface area (TPSA) is 75.4 Å². The fraction of sp³-hybridized carbons (Fsp3) is 0.600.